The maximum Gasteiger partial charge on any atom is 0.119 e. The molecule has 23 heavy (non-hydrogen) atoms. The quantitative estimate of drug-likeness (QED) is 0.626. The van der Waals surface area contributed by atoms with Gasteiger partial charge in [0.05, 0.1) is 11.7 Å². The van der Waals surface area contributed by atoms with Gasteiger partial charge in [-0.15, -0.1) is 0 Å². The smallest absolute Gasteiger partial charge is 0.119 e. The van der Waals surface area contributed by atoms with Crippen LogP contribution >= 0.6 is 0 Å². The predicted octanol–water partition coefficient (Wildman–Crippen LogP) is 2.40. The third kappa shape index (κ3) is 4.09. The molecule has 0 aliphatic rings. The van der Waals surface area contributed by atoms with E-state index < -0.39 is 6.10 Å². The highest BCUT2D eigenvalue weighted by atomic mass is 16.5. The normalized spacial score (nSPS) is 12.4. The molecule has 0 aliphatic heterocycles. The van der Waals surface area contributed by atoms with E-state index in [4.69, 9.17) is 4.74 Å². The number of hydrogen-bond acceptors (Lipinski definition) is 4. The third-order valence-corrected chi connectivity index (χ3v) is 3.69. The lowest BCUT2D eigenvalue weighted by molar-refractivity contribution is 0.106. The van der Waals surface area contributed by atoms with E-state index in [2.05, 4.69) is 15.5 Å². The van der Waals surface area contributed by atoms with Crippen molar-refractivity contribution in [3.8, 4) is 5.75 Å². The van der Waals surface area contributed by atoms with Crippen LogP contribution in [-0.2, 0) is 6.54 Å². The number of para-hydroxylation sites is 1. The molecule has 3 aromatic rings. The van der Waals surface area contributed by atoms with Gasteiger partial charge in [0.25, 0.3) is 0 Å². The van der Waals surface area contributed by atoms with Crippen LogP contribution in [0.5, 0.6) is 5.75 Å². The lowest BCUT2D eigenvalue weighted by atomic mass is 10.1. The molecule has 120 valence electrons. The van der Waals surface area contributed by atoms with E-state index in [9.17, 15) is 5.11 Å². The van der Waals surface area contributed by atoms with Gasteiger partial charge in [0.15, 0.2) is 0 Å². The highest BCUT2D eigenvalue weighted by molar-refractivity contribution is 5.81. The summed E-state index contributed by atoms with van der Waals surface area (Å²) in [5, 5.41) is 21.4. The molecule has 1 unspecified atom stereocenters. The highest BCUT2D eigenvalue weighted by Crippen LogP contribution is 2.15. The zero-order valence-electron chi connectivity index (χ0n) is 13.1. The van der Waals surface area contributed by atoms with E-state index in [0.29, 0.717) is 13.1 Å². The number of rotatable bonds is 7. The molecule has 1 aromatic heterocycles. The Morgan fingerprint density at radius 1 is 1.26 bits per heavy atom. The molecule has 1 atom stereocenters. The zero-order valence-corrected chi connectivity index (χ0v) is 13.1. The summed E-state index contributed by atoms with van der Waals surface area (Å²) in [6.07, 6.45) is 1.25. The number of aliphatic hydroxyl groups is 1. The topological polar surface area (TPSA) is 70.2 Å². The molecule has 1 heterocycles. The monoisotopic (exact) mass is 311 g/mol. The molecule has 2 aromatic carbocycles. The van der Waals surface area contributed by atoms with Crippen molar-refractivity contribution < 1.29 is 9.84 Å². The molecule has 3 rings (SSSR count). The fourth-order valence-electron chi connectivity index (χ4n) is 2.51. The number of nitrogens with one attached hydrogen (secondary N) is 2. The Morgan fingerprint density at radius 2 is 2.13 bits per heavy atom. The standard InChI is InChI=1S/C18H21N3O2/c1-13-4-2-7-17(8-13)23-12-16(22)11-19-9-14-5-3-6-15-10-20-21-18(14)15/h2-8,10,16,19,22H,9,11-12H2,1H3,(H,20,21). The number of hydrogen-bond donors (Lipinski definition) is 3. The van der Waals surface area contributed by atoms with Crippen molar-refractivity contribution in [1.29, 1.82) is 0 Å². The van der Waals surface area contributed by atoms with E-state index >= 15 is 0 Å². The molecule has 0 saturated carbocycles. The highest BCUT2D eigenvalue weighted by Gasteiger charge is 2.07. The van der Waals surface area contributed by atoms with E-state index in [1.54, 1.807) is 0 Å². The van der Waals surface area contributed by atoms with Crippen LogP contribution in [0, 0.1) is 6.92 Å². The summed E-state index contributed by atoms with van der Waals surface area (Å²) >= 11 is 0. The number of H-pyrrole nitrogens is 1. The fourth-order valence-corrected chi connectivity index (χ4v) is 2.51. The molecular weight excluding hydrogens is 290 g/mol. The Balaban J connectivity index is 1.46. The second-order valence-electron chi connectivity index (χ2n) is 5.66. The summed E-state index contributed by atoms with van der Waals surface area (Å²) in [5.74, 6) is 0.784. The number of aromatic nitrogens is 2. The zero-order chi connectivity index (χ0) is 16.1. The first-order valence-electron chi connectivity index (χ1n) is 7.71. The largest absolute Gasteiger partial charge is 0.491 e. The van der Waals surface area contributed by atoms with Crippen molar-refractivity contribution in [2.45, 2.75) is 19.6 Å². The predicted molar refractivity (Wildman–Crippen MR) is 90.5 cm³/mol. The van der Waals surface area contributed by atoms with Crippen molar-refractivity contribution in [3.63, 3.8) is 0 Å². The minimum Gasteiger partial charge on any atom is -0.491 e. The number of nitrogens with zero attached hydrogens (tertiary/aromatic N) is 1. The van der Waals surface area contributed by atoms with Crippen LogP contribution in [0.25, 0.3) is 10.9 Å². The molecule has 0 aliphatic carbocycles. The van der Waals surface area contributed by atoms with Gasteiger partial charge >= 0.3 is 0 Å². The van der Waals surface area contributed by atoms with Crippen molar-refractivity contribution >= 4 is 10.9 Å². The van der Waals surface area contributed by atoms with Crippen molar-refractivity contribution in [2.75, 3.05) is 13.2 Å². The van der Waals surface area contributed by atoms with Crippen LogP contribution in [0.15, 0.2) is 48.7 Å². The number of aliphatic hydroxyl groups excluding tert-OH is 1. The Morgan fingerprint density at radius 3 is 3.00 bits per heavy atom. The summed E-state index contributed by atoms with van der Waals surface area (Å²) in [7, 11) is 0. The van der Waals surface area contributed by atoms with Crippen molar-refractivity contribution in [2.24, 2.45) is 0 Å². The van der Waals surface area contributed by atoms with Gasteiger partial charge in [-0.3, -0.25) is 5.10 Å². The summed E-state index contributed by atoms with van der Waals surface area (Å²) < 4.78 is 5.60. The minimum absolute atomic E-state index is 0.269. The fraction of sp³-hybridized carbons (Fsp3) is 0.278. The van der Waals surface area contributed by atoms with Crippen LogP contribution in [0.3, 0.4) is 0 Å². The van der Waals surface area contributed by atoms with E-state index in [1.165, 1.54) is 0 Å². The number of aromatic amines is 1. The lowest BCUT2D eigenvalue weighted by Gasteiger charge is -2.14. The molecule has 0 spiro atoms. The van der Waals surface area contributed by atoms with Gasteiger partial charge in [0, 0.05) is 18.5 Å². The molecule has 0 saturated heterocycles. The van der Waals surface area contributed by atoms with E-state index in [1.807, 2.05) is 55.6 Å². The van der Waals surface area contributed by atoms with Crippen molar-refractivity contribution in [3.05, 3.63) is 59.8 Å². The number of benzene rings is 2. The average Bonchev–Trinajstić information content (AvgIpc) is 3.02. The molecule has 5 nitrogen and oxygen atoms in total. The summed E-state index contributed by atoms with van der Waals surface area (Å²) in [6.45, 7) is 3.42. The lowest BCUT2D eigenvalue weighted by Crippen LogP contribution is -2.31. The number of fused-ring (bicyclic) bond motifs is 1. The Kier molecular flexibility index (Phi) is 4.90. The second-order valence-corrected chi connectivity index (χ2v) is 5.66. The number of ether oxygens (including phenoxy) is 1. The molecule has 0 fully saturated rings. The van der Waals surface area contributed by atoms with Crippen molar-refractivity contribution in [1.82, 2.24) is 15.5 Å². The summed E-state index contributed by atoms with van der Waals surface area (Å²) in [5.41, 5.74) is 3.31. The third-order valence-electron chi connectivity index (χ3n) is 3.69. The summed E-state index contributed by atoms with van der Waals surface area (Å²) in [4.78, 5) is 0. The van der Waals surface area contributed by atoms with Crippen LogP contribution < -0.4 is 10.1 Å². The first kappa shape index (κ1) is 15.5. The van der Waals surface area contributed by atoms with Crippen LogP contribution in [0.1, 0.15) is 11.1 Å². The van der Waals surface area contributed by atoms with E-state index in [-0.39, 0.29) is 6.61 Å². The second kappa shape index (κ2) is 7.26. The van der Waals surface area contributed by atoms with Gasteiger partial charge < -0.3 is 15.2 Å². The Hall–Kier alpha value is -2.37. The van der Waals surface area contributed by atoms with Gasteiger partial charge in [0.1, 0.15) is 18.5 Å². The molecule has 3 N–H and O–H groups in total. The van der Waals surface area contributed by atoms with Crippen LogP contribution in [0.2, 0.25) is 0 Å². The van der Waals surface area contributed by atoms with Gasteiger partial charge in [-0.1, -0.05) is 30.3 Å². The molecule has 0 bridgehead atoms. The molecular formula is C18H21N3O2. The first-order chi connectivity index (χ1) is 11.2. The minimum atomic E-state index is -0.559. The van der Waals surface area contributed by atoms with E-state index in [0.717, 1.165) is 27.8 Å². The molecule has 0 amide bonds. The molecule has 5 heteroatoms. The SMILES string of the molecule is Cc1cccc(OCC(O)CNCc2cccc3cn[nH]c23)c1. The maximum atomic E-state index is 10.0. The number of aryl methyl sites for hydroxylation is 1. The average molecular weight is 311 g/mol. The first-order valence-corrected chi connectivity index (χ1v) is 7.71. The van der Waals surface area contributed by atoms with Crippen LogP contribution in [0.4, 0.5) is 0 Å². The van der Waals surface area contributed by atoms with Gasteiger partial charge in [-0.05, 0) is 30.2 Å². The maximum absolute atomic E-state index is 10.0. The van der Waals surface area contributed by atoms with Crippen LogP contribution in [-0.4, -0.2) is 34.6 Å². The van der Waals surface area contributed by atoms with Gasteiger partial charge in [-0.2, -0.15) is 5.10 Å². The van der Waals surface area contributed by atoms with Gasteiger partial charge in [-0.25, -0.2) is 0 Å². The Bertz CT molecular complexity index is 770. The Labute approximate surface area is 135 Å². The summed E-state index contributed by atoms with van der Waals surface area (Å²) in [6, 6.07) is 13.9. The molecule has 0 radical (unpaired) electrons. The van der Waals surface area contributed by atoms with Gasteiger partial charge in [0.2, 0.25) is 0 Å².